The summed E-state index contributed by atoms with van der Waals surface area (Å²) >= 11 is 3.21. The lowest BCUT2D eigenvalue weighted by Crippen LogP contribution is -1.98. The topological polar surface area (TPSA) is 94.3 Å². The van der Waals surface area contributed by atoms with Gasteiger partial charge >= 0.3 is 0 Å². The van der Waals surface area contributed by atoms with Gasteiger partial charge in [0, 0.05) is 6.07 Å². The van der Waals surface area contributed by atoms with Gasteiger partial charge in [0.15, 0.2) is 28.5 Å². The van der Waals surface area contributed by atoms with Crippen LogP contribution in [0.15, 0.2) is 43.8 Å². The molecule has 8 heteroatoms. The molecule has 0 saturated heterocycles. The van der Waals surface area contributed by atoms with E-state index in [0.29, 0.717) is 33.4 Å². The Hall–Kier alpha value is -2.79. The number of rotatable bonds is 5. The highest BCUT2D eigenvalue weighted by Crippen LogP contribution is 2.29. The first-order chi connectivity index (χ1) is 11.2. The molecule has 2 heterocycles. The number of nitrogens with zero attached hydrogens (tertiary/aromatic N) is 3. The van der Waals surface area contributed by atoms with Gasteiger partial charge in [-0.3, -0.25) is 0 Å². The van der Waals surface area contributed by atoms with E-state index in [1.807, 2.05) is 6.07 Å². The summed E-state index contributed by atoms with van der Waals surface area (Å²) in [6.07, 6.45) is 0. The van der Waals surface area contributed by atoms with Crippen LogP contribution in [0.1, 0.15) is 11.5 Å². The van der Waals surface area contributed by atoms with E-state index >= 15 is 0 Å². The molecule has 1 aromatic carbocycles. The number of furan rings is 1. The van der Waals surface area contributed by atoms with Crippen LogP contribution in [0.4, 0.5) is 0 Å². The summed E-state index contributed by atoms with van der Waals surface area (Å²) in [5, 5.41) is 16.7. The quantitative estimate of drug-likeness (QED) is 0.672. The summed E-state index contributed by atoms with van der Waals surface area (Å²) in [5.41, 5.74) is 0.484. The van der Waals surface area contributed by atoms with E-state index in [-0.39, 0.29) is 12.5 Å². The molecular formula is C15H10BrN3O4. The SMILES string of the molecule is COc1cc(C#N)ccc1OCc1nnc(-c2ccc(Br)o2)o1. The van der Waals surface area contributed by atoms with E-state index in [0.717, 1.165) is 0 Å². The fraction of sp³-hybridized carbons (Fsp3) is 0.133. The maximum atomic E-state index is 8.88. The van der Waals surface area contributed by atoms with Crippen molar-refractivity contribution in [3.63, 3.8) is 0 Å². The minimum absolute atomic E-state index is 0.0666. The highest BCUT2D eigenvalue weighted by molar-refractivity contribution is 9.10. The molecule has 0 N–H and O–H groups in total. The molecule has 7 nitrogen and oxygen atoms in total. The van der Waals surface area contributed by atoms with Gasteiger partial charge in [0.25, 0.3) is 11.8 Å². The molecule has 0 saturated carbocycles. The lowest BCUT2D eigenvalue weighted by Gasteiger charge is -2.08. The summed E-state index contributed by atoms with van der Waals surface area (Å²) < 4.78 is 22.2. The zero-order chi connectivity index (χ0) is 16.2. The van der Waals surface area contributed by atoms with Crippen molar-refractivity contribution >= 4 is 15.9 Å². The minimum Gasteiger partial charge on any atom is -0.493 e. The van der Waals surface area contributed by atoms with Crippen molar-refractivity contribution in [3.8, 4) is 29.2 Å². The predicted molar refractivity (Wildman–Crippen MR) is 81.7 cm³/mol. The summed E-state index contributed by atoms with van der Waals surface area (Å²) in [5.74, 6) is 1.96. The van der Waals surface area contributed by atoms with Gasteiger partial charge in [-0.25, -0.2) is 0 Å². The van der Waals surface area contributed by atoms with Crippen LogP contribution in [0.25, 0.3) is 11.7 Å². The predicted octanol–water partition coefficient (Wildman–Crippen LogP) is 3.55. The van der Waals surface area contributed by atoms with Crippen molar-refractivity contribution < 1.29 is 18.3 Å². The van der Waals surface area contributed by atoms with E-state index in [1.165, 1.54) is 7.11 Å². The molecular weight excluding hydrogens is 366 g/mol. The molecule has 0 spiro atoms. The Morgan fingerprint density at radius 3 is 2.74 bits per heavy atom. The molecule has 0 fully saturated rings. The minimum atomic E-state index is 0.0666. The number of benzene rings is 1. The number of methoxy groups -OCH3 is 1. The van der Waals surface area contributed by atoms with E-state index in [9.17, 15) is 0 Å². The number of halogens is 1. The first-order valence-electron chi connectivity index (χ1n) is 6.48. The normalized spacial score (nSPS) is 10.3. The maximum absolute atomic E-state index is 8.88. The number of ether oxygens (including phenoxy) is 2. The van der Waals surface area contributed by atoms with Gasteiger partial charge in [-0.05, 0) is 40.2 Å². The average Bonchev–Trinajstić information content (AvgIpc) is 3.21. The molecule has 0 bridgehead atoms. The van der Waals surface area contributed by atoms with Crippen molar-refractivity contribution in [2.75, 3.05) is 7.11 Å². The molecule has 3 rings (SSSR count). The molecule has 23 heavy (non-hydrogen) atoms. The Bertz CT molecular complexity index is 866. The van der Waals surface area contributed by atoms with Gasteiger partial charge in [-0.15, -0.1) is 10.2 Å². The molecule has 0 aliphatic rings. The Kier molecular flexibility index (Phi) is 4.30. The summed E-state index contributed by atoms with van der Waals surface area (Å²) in [4.78, 5) is 0. The van der Waals surface area contributed by atoms with Gasteiger partial charge in [0.05, 0.1) is 18.7 Å². The molecule has 3 aromatic rings. The third kappa shape index (κ3) is 3.35. The van der Waals surface area contributed by atoms with Gasteiger partial charge < -0.3 is 18.3 Å². The van der Waals surface area contributed by atoms with Crippen LogP contribution in [0.3, 0.4) is 0 Å². The van der Waals surface area contributed by atoms with Crippen molar-refractivity contribution in [1.82, 2.24) is 10.2 Å². The maximum Gasteiger partial charge on any atom is 0.283 e. The molecule has 0 amide bonds. The third-order valence-electron chi connectivity index (χ3n) is 2.89. The van der Waals surface area contributed by atoms with Crippen molar-refractivity contribution in [2.45, 2.75) is 6.61 Å². The summed E-state index contributed by atoms with van der Waals surface area (Å²) in [6, 6.07) is 10.4. The molecule has 0 aliphatic heterocycles. The zero-order valence-corrected chi connectivity index (χ0v) is 13.5. The second-order valence-electron chi connectivity index (χ2n) is 4.37. The van der Waals surface area contributed by atoms with E-state index in [2.05, 4.69) is 26.1 Å². The fourth-order valence-corrected chi connectivity index (χ4v) is 2.14. The van der Waals surface area contributed by atoms with Crippen LogP contribution in [-0.4, -0.2) is 17.3 Å². The Morgan fingerprint density at radius 2 is 2.04 bits per heavy atom. The van der Waals surface area contributed by atoms with Crippen LogP contribution >= 0.6 is 15.9 Å². The lowest BCUT2D eigenvalue weighted by molar-refractivity contribution is 0.250. The van der Waals surface area contributed by atoms with Gasteiger partial charge in [-0.1, -0.05) is 0 Å². The molecule has 0 atom stereocenters. The first-order valence-corrected chi connectivity index (χ1v) is 7.28. The van der Waals surface area contributed by atoms with E-state index < -0.39 is 0 Å². The molecule has 116 valence electrons. The van der Waals surface area contributed by atoms with Crippen LogP contribution in [0.2, 0.25) is 0 Å². The highest BCUT2D eigenvalue weighted by atomic mass is 79.9. The third-order valence-corrected chi connectivity index (χ3v) is 3.32. The van der Waals surface area contributed by atoms with Crippen LogP contribution in [0.5, 0.6) is 11.5 Å². The molecule has 0 unspecified atom stereocenters. The van der Waals surface area contributed by atoms with Gasteiger partial charge in [0.2, 0.25) is 0 Å². The first kappa shape index (κ1) is 15.1. The molecule has 0 radical (unpaired) electrons. The molecule has 0 aliphatic carbocycles. The van der Waals surface area contributed by atoms with E-state index in [4.69, 9.17) is 23.6 Å². The molecule has 2 aromatic heterocycles. The Balaban J connectivity index is 1.72. The standard InChI is InChI=1S/C15H10BrN3O4/c1-20-12-6-9(7-17)2-3-10(12)21-8-14-18-19-15(23-14)11-4-5-13(16)22-11/h2-6H,8H2,1H3. The largest absolute Gasteiger partial charge is 0.493 e. The Morgan fingerprint density at radius 1 is 1.17 bits per heavy atom. The lowest BCUT2D eigenvalue weighted by atomic mass is 10.2. The van der Waals surface area contributed by atoms with Crippen LogP contribution < -0.4 is 9.47 Å². The fourth-order valence-electron chi connectivity index (χ4n) is 1.84. The number of hydrogen-bond acceptors (Lipinski definition) is 7. The zero-order valence-electron chi connectivity index (χ0n) is 11.9. The average molecular weight is 376 g/mol. The Labute approximate surface area is 139 Å². The van der Waals surface area contributed by atoms with Crippen molar-refractivity contribution in [1.29, 1.82) is 5.26 Å². The summed E-state index contributed by atoms with van der Waals surface area (Å²) in [7, 11) is 1.50. The van der Waals surface area contributed by atoms with Gasteiger partial charge in [0.1, 0.15) is 0 Å². The van der Waals surface area contributed by atoms with Gasteiger partial charge in [-0.2, -0.15) is 5.26 Å². The monoisotopic (exact) mass is 375 g/mol. The number of aromatic nitrogens is 2. The highest BCUT2D eigenvalue weighted by Gasteiger charge is 2.13. The van der Waals surface area contributed by atoms with Crippen LogP contribution in [-0.2, 0) is 6.61 Å². The van der Waals surface area contributed by atoms with Crippen LogP contribution in [0, 0.1) is 11.3 Å². The van der Waals surface area contributed by atoms with Crippen molar-refractivity contribution in [3.05, 3.63) is 46.5 Å². The summed E-state index contributed by atoms with van der Waals surface area (Å²) in [6.45, 7) is 0.0666. The van der Waals surface area contributed by atoms with Crippen molar-refractivity contribution in [2.24, 2.45) is 0 Å². The second kappa shape index (κ2) is 6.54. The smallest absolute Gasteiger partial charge is 0.283 e. The van der Waals surface area contributed by atoms with E-state index in [1.54, 1.807) is 30.3 Å². The number of hydrogen-bond donors (Lipinski definition) is 0. The number of nitriles is 1. The second-order valence-corrected chi connectivity index (χ2v) is 5.15.